The van der Waals surface area contributed by atoms with Crippen LogP contribution in [0.2, 0.25) is 0 Å². The van der Waals surface area contributed by atoms with E-state index in [1.165, 1.54) is 0 Å². The molecule has 7 heteroatoms. The van der Waals surface area contributed by atoms with Crippen molar-refractivity contribution >= 4 is 28.9 Å². The van der Waals surface area contributed by atoms with Crippen molar-refractivity contribution in [2.45, 2.75) is 31.8 Å². The molecule has 0 bridgehead atoms. The maximum absolute atomic E-state index is 12.6. The molecular weight excluding hydrogens is 358 g/mol. The molecule has 28 heavy (non-hydrogen) atoms. The highest BCUT2D eigenvalue weighted by molar-refractivity contribution is 6.08. The Bertz CT molecular complexity index is 980. The number of hydrogen-bond donors (Lipinski definition) is 2. The number of amides is 2. The SMILES string of the molecule is COc1ccc(C2=NOC(C(=O)Nc3ccc4c(c3)C(C)(C)C(=O)N4)C2)cc1. The molecule has 0 radical (unpaired) electrons. The van der Waals surface area contributed by atoms with Gasteiger partial charge in [-0.05, 0) is 67.4 Å². The molecule has 2 aliphatic heterocycles. The second kappa shape index (κ2) is 6.67. The first kappa shape index (κ1) is 18.0. The van der Waals surface area contributed by atoms with Crippen LogP contribution in [0.25, 0.3) is 0 Å². The number of fused-ring (bicyclic) bond motifs is 1. The number of ether oxygens (including phenoxy) is 1. The van der Waals surface area contributed by atoms with E-state index in [0.29, 0.717) is 17.8 Å². The number of nitrogens with one attached hydrogen (secondary N) is 2. The summed E-state index contributed by atoms with van der Waals surface area (Å²) in [6, 6.07) is 12.8. The normalized spacial score (nSPS) is 19.3. The van der Waals surface area contributed by atoms with E-state index in [1.54, 1.807) is 19.2 Å². The van der Waals surface area contributed by atoms with E-state index in [2.05, 4.69) is 15.8 Å². The van der Waals surface area contributed by atoms with Crippen LogP contribution in [0.1, 0.15) is 31.4 Å². The van der Waals surface area contributed by atoms with Crippen molar-refractivity contribution < 1.29 is 19.2 Å². The highest BCUT2D eigenvalue weighted by Crippen LogP contribution is 2.38. The molecule has 0 aliphatic carbocycles. The van der Waals surface area contributed by atoms with Crippen LogP contribution in [-0.2, 0) is 19.8 Å². The Morgan fingerprint density at radius 1 is 1.25 bits per heavy atom. The molecule has 2 aliphatic rings. The Balaban J connectivity index is 1.43. The predicted molar refractivity (Wildman–Crippen MR) is 106 cm³/mol. The maximum Gasteiger partial charge on any atom is 0.268 e. The van der Waals surface area contributed by atoms with Gasteiger partial charge in [-0.25, -0.2) is 0 Å². The molecule has 1 atom stereocenters. The maximum atomic E-state index is 12.6. The second-order valence-corrected chi connectivity index (χ2v) is 7.39. The molecular formula is C21H21N3O4. The van der Waals surface area contributed by atoms with E-state index < -0.39 is 11.5 Å². The summed E-state index contributed by atoms with van der Waals surface area (Å²) < 4.78 is 5.15. The summed E-state index contributed by atoms with van der Waals surface area (Å²) in [5, 5.41) is 9.77. The van der Waals surface area contributed by atoms with Gasteiger partial charge in [-0.15, -0.1) is 0 Å². The topological polar surface area (TPSA) is 89.0 Å². The first-order valence-electron chi connectivity index (χ1n) is 9.02. The van der Waals surface area contributed by atoms with Gasteiger partial charge >= 0.3 is 0 Å². The van der Waals surface area contributed by atoms with E-state index in [1.807, 2.05) is 44.2 Å². The molecule has 2 aromatic carbocycles. The number of anilines is 2. The van der Waals surface area contributed by atoms with Crippen LogP contribution < -0.4 is 15.4 Å². The molecule has 7 nitrogen and oxygen atoms in total. The van der Waals surface area contributed by atoms with Gasteiger partial charge in [0.15, 0.2) is 0 Å². The van der Waals surface area contributed by atoms with Crippen molar-refractivity contribution in [1.82, 2.24) is 0 Å². The van der Waals surface area contributed by atoms with Crippen molar-refractivity contribution in [2.24, 2.45) is 5.16 Å². The fraction of sp³-hybridized carbons (Fsp3) is 0.286. The zero-order valence-electron chi connectivity index (χ0n) is 15.9. The lowest BCUT2D eigenvalue weighted by molar-refractivity contribution is -0.125. The summed E-state index contributed by atoms with van der Waals surface area (Å²) in [5.41, 5.74) is 3.22. The molecule has 4 rings (SSSR count). The quantitative estimate of drug-likeness (QED) is 0.854. The number of benzene rings is 2. The van der Waals surface area contributed by atoms with Gasteiger partial charge in [0.05, 0.1) is 18.2 Å². The molecule has 2 N–H and O–H groups in total. The van der Waals surface area contributed by atoms with E-state index in [4.69, 9.17) is 9.57 Å². The van der Waals surface area contributed by atoms with Crippen LogP contribution in [0.3, 0.4) is 0 Å². The third kappa shape index (κ3) is 3.09. The van der Waals surface area contributed by atoms with Crippen molar-refractivity contribution in [1.29, 1.82) is 0 Å². The molecule has 0 fully saturated rings. The molecule has 0 aromatic heterocycles. The number of nitrogens with zero attached hydrogens (tertiary/aromatic N) is 1. The lowest BCUT2D eigenvalue weighted by Gasteiger charge is -2.16. The van der Waals surface area contributed by atoms with Crippen LogP contribution in [0.15, 0.2) is 47.6 Å². The molecule has 1 unspecified atom stereocenters. The zero-order valence-corrected chi connectivity index (χ0v) is 15.9. The molecule has 0 saturated heterocycles. The Kier molecular flexibility index (Phi) is 4.30. The molecule has 144 valence electrons. The molecule has 2 aromatic rings. The fourth-order valence-corrected chi connectivity index (χ4v) is 3.34. The van der Waals surface area contributed by atoms with Crippen LogP contribution in [0, 0.1) is 0 Å². The first-order valence-corrected chi connectivity index (χ1v) is 9.02. The van der Waals surface area contributed by atoms with Gasteiger partial charge in [0.1, 0.15) is 5.75 Å². The van der Waals surface area contributed by atoms with Gasteiger partial charge in [-0.3, -0.25) is 9.59 Å². The van der Waals surface area contributed by atoms with Crippen LogP contribution in [0.5, 0.6) is 5.75 Å². The predicted octanol–water partition coefficient (Wildman–Crippen LogP) is 3.06. The summed E-state index contributed by atoms with van der Waals surface area (Å²) >= 11 is 0. The minimum absolute atomic E-state index is 0.0531. The number of carbonyl (C=O) groups excluding carboxylic acids is 2. The van der Waals surface area contributed by atoms with E-state index in [-0.39, 0.29) is 11.8 Å². The minimum Gasteiger partial charge on any atom is -0.497 e. The van der Waals surface area contributed by atoms with Gasteiger partial charge in [0, 0.05) is 17.8 Å². The third-order valence-corrected chi connectivity index (χ3v) is 5.16. The van der Waals surface area contributed by atoms with Crippen LogP contribution >= 0.6 is 0 Å². The number of oxime groups is 1. The number of methoxy groups -OCH3 is 1. The van der Waals surface area contributed by atoms with Gasteiger partial charge in [0.25, 0.3) is 5.91 Å². The Morgan fingerprint density at radius 3 is 2.71 bits per heavy atom. The lowest BCUT2D eigenvalue weighted by atomic mass is 9.86. The third-order valence-electron chi connectivity index (χ3n) is 5.16. The lowest BCUT2D eigenvalue weighted by Crippen LogP contribution is -2.28. The highest BCUT2D eigenvalue weighted by atomic mass is 16.6. The van der Waals surface area contributed by atoms with E-state index in [9.17, 15) is 9.59 Å². The van der Waals surface area contributed by atoms with Gasteiger partial charge in [-0.2, -0.15) is 0 Å². The molecule has 0 saturated carbocycles. The second-order valence-electron chi connectivity index (χ2n) is 7.39. The minimum atomic E-state index is -0.696. The summed E-state index contributed by atoms with van der Waals surface area (Å²) in [4.78, 5) is 30.0. The molecule has 2 heterocycles. The largest absolute Gasteiger partial charge is 0.497 e. The Morgan fingerprint density at radius 2 is 2.00 bits per heavy atom. The van der Waals surface area contributed by atoms with Crippen molar-refractivity contribution in [3.05, 3.63) is 53.6 Å². The summed E-state index contributed by atoms with van der Waals surface area (Å²) in [5.74, 6) is 0.426. The summed E-state index contributed by atoms with van der Waals surface area (Å²) in [6.45, 7) is 3.71. The van der Waals surface area contributed by atoms with E-state index >= 15 is 0 Å². The van der Waals surface area contributed by atoms with Crippen LogP contribution in [0.4, 0.5) is 11.4 Å². The summed E-state index contributed by atoms with van der Waals surface area (Å²) in [7, 11) is 1.61. The standard InChI is InChI=1S/C21H21N3O4/c1-21(2)15-10-13(6-9-16(15)23-20(21)26)22-19(25)18-11-17(24-28-18)12-4-7-14(27-3)8-5-12/h4-10,18H,11H2,1-3H3,(H,22,25)(H,23,26). The number of carbonyl (C=O) groups is 2. The fourth-order valence-electron chi connectivity index (χ4n) is 3.34. The van der Waals surface area contributed by atoms with Crippen molar-refractivity contribution in [2.75, 3.05) is 17.7 Å². The first-order chi connectivity index (χ1) is 13.4. The van der Waals surface area contributed by atoms with Gasteiger partial charge in [0.2, 0.25) is 12.0 Å². The van der Waals surface area contributed by atoms with Gasteiger partial charge in [-0.1, -0.05) is 5.16 Å². The molecule has 2 amide bonds. The summed E-state index contributed by atoms with van der Waals surface area (Å²) in [6.07, 6.45) is -0.313. The van der Waals surface area contributed by atoms with E-state index in [0.717, 1.165) is 22.6 Å². The Labute approximate surface area is 162 Å². The zero-order chi connectivity index (χ0) is 19.9. The number of rotatable bonds is 4. The number of hydrogen-bond acceptors (Lipinski definition) is 5. The van der Waals surface area contributed by atoms with Crippen LogP contribution in [-0.4, -0.2) is 30.7 Å². The van der Waals surface area contributed by atoms with Gasteiger partial charge < -0.3 is 20.2 Å². The smallest absolute Gasteiger partial charge is 0.268 e. The van der Waals surface area contributed by atoms with Crippen molar-refractivity contribution in [3.8, 4) is 5.75 Å². The molecule has 0 spiro atoms. The Hall–Kier alpha value is -3.35. The monoisotopic (exact) mass is 379 g/mol. The highest BCUT2D eigenvalue weighted by Gasteiger charge is 2.38. The average Bonchev–Trinajstić information content (AvgIpc) is 3.26. The van der Waals surface area contributed by atoms with Crippen molar-refractivity contribution in [3.63, 3.8) is 0 Å². The average molecular weight is 379 g/mol.